The minimum atomic E-state index is -3.32. The maximum Gasteiger partial charge on any atom is 0.244 e. The summed E-state index contributed by atoms with van der Waals surface area (Å²) in [6.45, 7) is 4.19. The summed E-state index contributed by atoms with van der Waals surface area (Å²) in [7, 11) is -1.43. The Balaban J connectivity index is 1.87. The van der Waals surface area contributed by atoms with Gasteiger partial charge in [-0.3, -0.25) is 0 Å². The summed E-state index contributed by atoms with van der Waals surface area (Å²) in [5.41, 5.74) is 1.07. The predicted molar refractivity (Wildman–Crippen MR) is 82.6 cm³/mol. The van der Waals surface area contributed by atoms with Gasteiger partial charge in [0, 0.05) is 37.6 Å². The van der Waals surface area contributed by atoms with Crippen LogP contribution in [-0.2, 0) is 16.6 Å². The van der Waals surface area contributed by atoms with Gasteiger partial charge in [0.2, 0.25) is 10.0 Å². The van der Waals surface area contributed by atoms with E-state index < -0.39 is 10.0 Å². The van der Waals surface area contributed by atoms with Gasteiger partial charge in [0.1, 0.15) is 4.90 Å². The maximum atomic E-state index is 12.8. The van der Waals surface area contributed by atoms with Crippen LogP contribution in [0, 0.1) is 5.92 Å². The Morgan fingerprint density at radius 2 is 2.10 bits per heavy atom. The van der Waals surface area contributed by atoms with E-state index >= 15 is 0 Å². The van der Waals surface area contributed by atoms with E-state index in [2.05, 4.69) is 16.8 Å². The van der Waals surface area contributed by atoms with Crippen LogP contribution in [0.5, 0.6) is 0 Å². The molecular formula is C15H25N3O2S. The molecule has 1 N–H and O–H groups in total. The zero-order chi connectivity index (χ0) is 15.0. The van der Waals surface area contributed by atoms with Crippen molar-refractivity contribution in [2.45, 2.75) is 50.1 Å². The molecule has 2 fully saturated rings. The average molecular weight is 311 g/mol. The van der Waals surface area contributed by atoms with E-state index in [-0.39, 0.29) is 0 Å². The zero-order valence-corrected chi connectivity index (χ0v) is 13.7. The second-order valence-electron chi connectivity index (χ2n) is 6.26. The fourth-order valence-electron chi connectivity index (χ4n) is 3.15. The summed E-state index contributed by atoms with van der Waals surface area (Å²) in [4.78, 5) is 0.469. The van der Waals surface area contributed by atoms with E-state index in [9.17, 15) is 8.42 Å². The van der Waals surface area contributed by atoms with Gasteiger partial charge in [-0.05, 0) is 38.3 Å². The Labute approximate surface area is 127 Å². The van der Waals surface area contributed by atoms with Crippen LogP contribution < -0.4 is 5.32 Å². The lowest BCUT2D eigenvalue weighted by Crippen LogP contribution is -2.28. The van der Waals surface area contributed by atoms with Gasteiger partial charge in [0.15, 0.2) is 0 Å². The van der Waals surface area contributed by atoms with Gasteiger partial charge in [0.25, 0.3) is 0 Å². The Kier molecular flexibility index (Phi) is 4.12. The summed E-state index contributed by atoms with van der Waals surface area (Å²) >= 11 is 0. The van der Waals surface area contributed by atoms with Crippen molar-refractivity contribution in [3.8, 4) is 0 Å². The van der Waals surface area contributed by atoms with Crippen molar-refractivity contribution in [3.63, 3.8) is 0 Å². The molecule has 1 saturated carbocycles. The molecule has 1 saturated heterocycles. The molecule has 1 aliphatic carbocycles. The molecule has 1 unspecified atom stereocenters. The lowest BCUT2D eigenvalue weighted by Gasteiger charge is -2.15. The average Bonchev–Trinajstić information content (AvgIpc) is 3.03. The fraction of sp³-hybridized carbons (Fsp3) is 0.733. The first-order valence-corrected chi connectivity index (χ1v) is 9.35. The van der Waals surface area contributed by atoms with E-state index in [1.165, 1.54) is 0 Å². The van der Waals surface area contributed by atoms with Crippen LogP contribution in [0.15, 0.2) is 17.2 Å². The Morgan fingerprint density at radius 3 is 2.67 bits per heavy atom. The second-order valence-corrected chi connectivity index (χ2v) is 8.20. The molecule has 0 amide bonds. The quantitative estimate of drug-likeness (QED) is 0.874. The first-order chi connectivity index (χ1) is 10.1. The van der Waals surface area contributed by atoms with Gasteiger partial charge in [-0.2, -0.15) is 4.31 Å². The van der Waals surface area contributed by atoms with Crippen LogP contribution in [0.2, 0.25) is 0 Å². The number of nitrogens with zero attached hydrogens (tertiary/aromatic N) is 2. The second kappa shape index (κ2) is 5.74. The van der Waals surface area contributed by atoms with Gasteiger partial charge in [-0.25, -0.2) is 8.42 Å². The first kappa shape index (κ1) is 15.1. The van der Waals surface area contributed by atoms with Crippen LogP contribution in [-0.4, -0.2) is 37.4 Å². The third-order valence-corrected chi connectivity index (χ3v) is 6.50. The largest absolute Gasteiger partial charge is 0.346 e. The Bertz CT molecular complexity index is 604. The van der Waals surface area contributed by atoms with Crippen LogP contribution in [0.25, 0.3) is 0 Å². The van der Waals surface area contributed by atoms with Crippen molar-refractivity contribution in [2.24, 2.45) is 5.92 Å². The lowest BCUT2D eigenvalue weighted by molar-refractivity contribution is 0.453. The fourth-order valence-corrected chi connectivity index (χ4v) is 4.73. The maximum absolute atomic E-state index is 12.8. The smallest absolute Gasteiger partial charge is 0.244 e. The van der Waals surface area contributed by atoms with Crippen LogP contribution in [0.3, 0.4) is 0 Å². The van der Waals surface area contributed by atoms with Crippen molar-refractivity contribution in [1.29, 1.82) is 0 Å². The summed E-state index contributed by atoms with van der Waals surface area (Å²) in [5.74, 6) is 0.516. The first-order valence-electron chi connectivity index (χ1n) is 7.91. The van der Waals surface area contributed by atoms with Gasteiger partial charge in [-0.1, -0.05) is 13.3 Å². The minimum absolute atomic E-state index is 0.469. The molecule has 0 radical (unpaired) electrons. The van der Waals surface area contributed by atoms with Gasteiger partial charge in [0.05, 0.1) is 0 Å². The summed E-state index contributed by atoms with van der Waals surface area (Å²) < 4.78 is 29.4. The molecule has 0 bridgehead atoms. The van der Waals surface area contributed by atoms with Gasteiger partial charge >= 0.3 is 0 Å². The molecule has 118 valence electrons. The molecule has 1 atom stereocenters. The molecule has 2 heterocycles. The van der Waals surface area contributed by atoms with Gasteiger partial charge in [-0.15, -0.1) is 0 Å². The van der Waals surface area contributed by atoms with Gasteiger partial charge < -0.3 is 9.88 Å². The monoisotopic (exact) mass is 311 g/mol. The standard InChI is InChI=1S/C15H25N3O2S/c1-3-12-6-7-17(10-12)21(19,20)15-8-14(9-16-2)18(11-15)13-4-5-13/h8,11-13,16H,3-7,9-10H2,1-2H3. The van der Waals surface area contributed by atoms with E-state index in [1.807, 2.05) is 19.3 Å². The predicted octanol–water partition coefficient (Wildman–Crippen LogP) is 1.96. The summed E-state index contributed by atoms with van der Waals surface area (Å²) in [5, 5.41) is 3.13. The summed E-state index contributed by atoms with van der Waals surface area (Å²) in [6.07, 6.45) is 6.21. The molecule has 2 aliphatic rings. The van der Waals surface area contributed by atoms with Crippen molar-refractivity contribution >= 4 is 10.0 Å². The molecule has 5 nitrogen and oxygen atoms in total. The zero-order valence-electron chi connectivity index (χ0n) is 12.9. The van der Waals surface area contributed by atoms with Crippen LogP contribution in [0.1, 0.15) is 44.3 Å². The van der Waals surface area contributed by atoms with Crippen molar-refractivity contribution in [2.75, 3.05) is 20.1 Å². The highest BCUT2D eigenvalue weighted by atomic mass is 32.2. The lowest BCUT2D eigenvalue weighted by atomic mass is 10.1. The number of hydrogen-bond donors (Lipinski definition) is 1. The molecule has 6 heteroatoms. The molecule has 1 aliphatic heterocycles. The van der Waals surface area contributed by atoms with Crippen molar-refractivity contribution in [1.82, 2.24) is 14.2 Å². The number of sulfonamides is 1. The van der Waals surface area contributed by atoms with Crippen LogP contribution in [0.4, 0.5) is 0 Å². The molecule has 21 heavy (non-hydrogen) atoms. The molecule has 1 aromatic heterocycles. The highest BCUT2D eigenvalue weighted by molar-refractivity contribution is 7.89. The van der Waals surface area contributed by atoms with Crippen LogP contribution >= 0.6 is 0 Å². The molecule has 0 spiro atoms. The highest BCUT2D eigenvalue weighted by Crippen LogP contribution is 2.38. The normalized spacial score (nSPS) is 23.8. The van der Waals surface area contributed by atoms with E-state index in [0.717, 1.165) is 31.4 Å². The number of rotatable bonds is 6. The molecule has 0 aromatic carbocycles. The third kappa shape index (κ3) is 2.89. The number of hydrogen-bond acceptors (Lipinski definition) is 3. The summed E-state index contributed by atoms with van der Waals surface area (Å²) in [6, 6.07) is 2.35. The van der Waals surface area contributed by atoms with E-state index in [1.54, 1.807) is 4.31 Å². The van der Waals surface area contributed by atoms with E-state index in [4.69, 9.17) is 0 Å². The Hall–Kier alpha value is -0.850. The van der Waals surface area contributed by atoms with Crippen molar-refractivity contribution in [3.05, 3.63) is 18.0 Å². The van der Waals surface area contributed by atoms with Crippen molar-refractivity contribution < 1.29 is 8.42 Å². The third-order valence-electron chi connectivity index (χ3n) is 4.67. The molecule has 1 aromatic rings. The Morgan fingerprint density at radius 1 is 1.33 bits per heavy atom. The highest BCUT2D eigenvalue weighted by Gasteiger charge is 2.34. The van der Waals surface area contributed by atoms with E-state index in [0.29, 0.717) is 36.5 Å². The number of nitrogens with one attached hydrogen (secondary N) is 1. The number of aromatic nitrogens is 1. The molecule has 3 rings (SSSR count). The SMILES string of the molecule is CCC1CCN(S(=O)(=O)c2cc(CNC)n(C3CC3)c2)C1. The topological polar surface area (TPSA) is 54.3 Å². The minimum Gasteiger partial charge on any atom is -0.346 e. The molecular weight excluding hydrogens is 286 g/mol.